The summed E-state index contributed by atoms with van der Waals surface area (Å²) in [6.45, 7) is 2.19. The number of carbonyl (C=O) groups is 1. The first kappa shape index (κ1) is 19.7. The van der Waals surface area contributed by atoms with E-state index in [0.29, 0.717) is 34.2 Å². The molecule has 4 aromatic rings. The lowest BCUT2D eigenvalue weighted by molar-refractivity contribution is 0.102. The lowest BCUT2D eigenvalue weighted by Crippen LogP contribution is -2.11. The van der Waals surface area contributed by atoms with E-state index in [9.17, 15) is 9.59 Å². The molecule has 0 saturated heterocycles. The van der Waals surface area contributed by atoms with E-state index in [2.05, 4.69) is 5.32 Å². The molecule has 1 heterocycles. The number of rotatable bonds is 5. The molecule has 1 N–H and O–H groups in total. The molecule has 30 heavy (non-hydrogen) atoms. The molecule has 6 heteroatoms. The Morgan fingerprint density at radius 2 is 1.73 bits per heavy atom. The Bertz CT molecular complexity index is 1260. The summed E-state index contributed by atoms with van der Waals surface area (Å²) in [5.74, 6) is 0.394. The van der Waals surface area contributed by atoms with Gasteiger partial charge in [-0.1, -0.05) is 23.7 Å². The van der Waals surface area contributed by atoms with E-state index in [0.717, 1.165) is 16.5 Å². The van der Waals surface area contributed by atoms with Crippen molar-refractivity contribution in [3.8, 4) is 5.75 Å². The van der Waals surface area contributed by atoms with Crippen molar-refractivity contribution >= 4 is 34.2 Å². The Hall–Kier alpha value is -3.57. The van der Waals surface area contributed by atoms with Crippen LogP contribution in [0.4, 0.5) is 5.69 Å². The monoisotopic (exact) mass is 419 g/mol. The molecular formula is C24H18ClNO4. The van der Waals surface area contributed by atoms with Crippen LogP contribution in [0.1, 0.15) is 21.5 Å². The zero-order chi connectivity index (χ0) is 21.1. The van der Waals surface area contributed by atoms with E-state index >= 15 is 0 Å². The second-order valence-corrected chi connectivity index (χ2v) is 7.29. The Labute approximate surface area is 177 Å². The molecule has 4 rings (SSSR count). The number of anilines is 1. The third-order valence-corrected chi connectivity index (χ3v) is 4.90. The first-order valence-corrected chi connectivity index (χ1v) is 9.69. The molecule has 0 aliphatic heterocycles. The first-order chi connectivity index (χ1) is 14.5. The van der Waals surface area contributed by atoms with Gasteiger partial charge in [0.1, 0.15) is 17.9 Å². The Balaban J connectivity index is 1.41. The molecule has 0 radical (unpaired) electrons. The quantitative estimate of drug-likeness (QED) is 0.428. The molecule has 1 amide bonds. The topological polar surface area (TPSA) is 68.5 Å². The number of halogens is 1. The minimum absolute atomic E-state index is 0.204. The molecule has 3 aromatic carbocycles. The van der Waals surface area contributed by atoms with Crippen LogP contribution in [0, 0.1) is 6.92 Å². The largest absolute Gasteiger partial charge is 0.489 e. The summed E-state index contributed by atoms with van der Waals surface area (Å²) in [5.41, 5.74) is 3.09. The standard InChI is InChI=1S/C24H18ClNO4/c1-15-12-23(27)30-22-13-20(10-11-21(15)22)29-14-16-2-4-17(5-3-16)24(28)26-19-8-6-18(25)7-9-19/h2-13H,14H2,1H3,(H,26,28). The van der Waals surface area contributed by atoms with Gasteiger partial charge >= 0.3 is 5.63 Å². The number of aryl methyl sites for hydroxylation is 1. The normalized spacial score (nSPS) is 10.7. The predicted octanol–water partition coefficient (Wildman–Crippen LogP) is 5.59. The number of nitrogens with one attached hydrogen (secondary N) is 1. The molecule has 0 atom stereocenters. The first-order valence-electron chi connectivity index (χ1n) is 9.31. The van der Waals surface area contributed by atoms with E-state index in [1.807, 2.05) is 31.2 Å². The highest BCUT2D eigenvalue weighted by atomic mass is 35.5. The molecular weight excluding hydrogens is 402 g/mol. The number of carbonyl (C=O) groups excluding carboxylic acids is 1. The summed E-state index contributed by atoms with van der Waals surface area (Å²) < 4.78 is 11.1. The maximum Gasteiger partial charge on any atom is 0.336 e. The molecule has 0 saturated carbocycles. The lowest BCUT2D eigenvalue weighted by Gasteiger charge is -2.09. The highest BCUT2D eigenvalue weighted by molar-refractivity contribution is 6.30. The second kappa shape index (κ2) is 8.43. The van der Waals surface area contributed by atoms with E-state index < -0.39 is 0 Å². The summed E-state index contributed by atoms with van der Waals surface area (Å²) in [5, 5.41) is 4.31. The summed E-state index contributed by atoms with van der Waals surface area (Å²) in [4.78, 5) is 23.9. The van der Waals surface area contributed by atoms with Crippen molar-refractivity contribution in [1.82, 2.24) is 0 Å². The van der Waals surface area contributed by atoms with Crippen molar-refractivity contribution < 1.29 is 13.9 Å². The van der Waals surface area contributed by atoms with E-state index in [1.54, 1.807) is 42.5 Å². The Morgan fingerprint density at radius 3 is 2.47 bits per heavy atom. The maximum absolute atomic E-state index is 12.4. The van der Waals surface area contributed by atoms with Crippen molar-refractivity contribution in [1.29, 1.82) is 0 Å². The maximum atomic E-state index is 12.4. The van der Waals surface area contributed by atoms with Crippen LogP contribution in [-0.4, -0.2) is 5.91 Å². The molecule has 0 bridgehead atoms. The number of hydrogen-bond acceptors (Lipinski definition) is 4. The summed E-state index contributed by atoms with van der Waals surface area (Å²) in [6.07, 6.45) is 0. The van der Waals surface area contributed by atoms with Crippen LogP contribution in [0.3, 0.4) is 0 Å². The average molecular weight is 420 g/mol. The molecule has 0 spiro atoms. The number of benzene rings is 3. The third-order valence-electron chi connectivity index (χ3n) is 4.65. The lowest BCUT2D eigenvalue weighted by atomic mass is 10.1. The van der Waals surface area contributed by atoms with Crippen LogP contribution >= 0.6 is 11.6 Å². The molecule has 0 aliphatic rings. The number of ether oxygens (including phenoxy) is 1. The number of amides is 1. The van der Waals surface area contributed by atoms with Gasteiger partial charge in [0.25, 0.3) is 5.91 Å². The van der Waals surface area contributed by atoms with Gasteiger partial charge in [-0.3, -0.25) is 4.79 Å². The van der Waals surface area contributed by atoms with Crippen LogP contribution < -0.4 is 15.7 Å². The van der Waals surface area contributed by atoms with Crippen molar-refractivity contribution in [2.24, 2.45) is 0 Å². The SMILES string of the molecule is Cc1cc(=O)oc2cc(OCc3ccc(C(=O)Nc4ccc(Cl)cc4)cc3)ccc12. The van der Waals surface area contributed by atoms with Crippen LogP contribution in [0.5, 0.6) is 5.75 Å². The van der Waals surface area contributed by atoms with Gasteiger partial charge in [0.05, 0.1) is 0 Å². The van der Waals surface area contributed by atoms with Crippen molar-refractivity contribution in [3.63, 3.8) is 0 Å². The summed E-state index contributed by atoms with van der Waals surface area (Å²) >= 11 is 5.86. The molecule has 150 valence electrons. The van der Waals surface area contributed by atoms with Crippen LogP contribution in [-0.2, 0) is 6.61 Å². The minimum Gasteiger partial charge on any atom is -0.489 e. The molecule has 0 unspecified atom stereocenters. The van der Waals surface area contributed by atoms with Gasteiger partial charge in [-0.15, -0.1) is 0 Å². The van der Waals surface area contributed by atoms with Gasteiger partial charge in [0.2, 0.25) is 0 Å². The highest BCUT2D eigenvalue weighted by Crippen LogP contribution is 2.23. The predicted molar refractivity (Wildman–Crippen MR) is 117 cm³/mol. The fraction of sp³-hybridized carbons (Fsp3) is 0.0833. The van der Waals surface area contributed by atoms with Gasteiger partial charge in [0.15, 0.2) is 0 Å². The van der Waals surface area contributed by atoms with Crippen molar-refractivity contribution in [2.45, 2.75) is 13.5 Å². The Morgan fingerprint density at radius 1 is 1.00 bits per heavy atom. The van der Waals surface area contributed by atoms with Crippen LogP contribution in [0.25, 0.3) is 11.0 Å². The zero-order valence-corrected chi connectivity index (χ0v) is 16.9. The van der Waals surface area contributed by atoms with Gasteiger partial charge in [-0.05, 0) is 66.6 Å². The number of hydrogen-bond donors (Lipinski definition) is 1. The fourth-order valence-corrected chi connectivity index (χ4v) is 3.18. The smallest absolute Gasteiger partial charge is 0.336 e. The van der Waals surface area contributed by atoms with Crippen molar-refractivity contribution in [3.05, 3.63) is 105 Å². The molecule has 1 aromatic heterocycles. The van der Waals surface area contributed by atoms with Crippen molar-refractivity contribution in [2.75, 3.05) is 5.32 Å². The van der Waals surface area contributed by atoms with E-state index in [-0.39, 0.29) is 11.5 Å². The van der Waals surface area contributed by atoms with Crippen LogP contribution in [0.15, 0.2) is 82.0 Å². The minimum atomic E-state index is -0.385. The summed E-state index contributed by atoms with van der Waals surface area (Å²) in [6, 6.07) is 21.0. The van der Waals surface area contributed by atoms with Crippen LogP contribution in [0.2, 0.25) is 5.02 Å². The van der Waals surface area contributed by atoms with Gasteiger partial charge in [-0.25, -0.2) is 4.79 Å². The fourth-order valence-electron chi connectivity index (χ4n) is 3.05. The molecule has 0 fully saturated rings. The second-order valence-electron chi connectivity index (χ2n) is 6.85. The zero-order valence-electron chi connectivity index (χ0n) is 16.1. The van der Waals surface area contributed by atoms with E-state index in [4.69, 9.17) is 20.8 Å². The van der Waals surface area contributed by atoms with Gasteiger partial charge in [0, 0.05) is 33.8 Å². The number of fused-ring (bicyclic) bond motifs is 1. The average Bonchev–Trinajstić information content (AvgIpc) is 2.74. The third kappa shape index (κ3) is 4.53. The summed E-state index contributed by atoms with van der Waals surface area (Å²) in [7, 11) is 0. The highest BCUT2D eigenvalue weighted by Gasteiger charge is 2.07. The van der Waals surface area contributed by atoms with Gasteiger partial charge in [-0.2, -0.15) is 0 Å². The molecule has 5 nitrogen and oxygen atoms in total. The Kier molecular flexibility index (Phi) is 5.55. The molecule has 0 aliphatic carbocycles. The van der Waals surface area contributed by atoms with Gasteiger partial charge < -0.3 is 14.5 Å². The van der Waals surface area contributed by atoms with E-state index in [1.165, 1.54) is 6.07 Å².